The minimum absolute atomic E-state index is 0.0711. The first-order valence-electron chi connectivity index (χ1n) is 8.80. The average molecular weight is 421 g/mol. The van der Waals surface area contributed by atoms with Gasteiger partial charge in [-0.2, -0.15) is 0 Å². The van der Waals surface area contributed by atoms with E-state index in [9.17, 15) is 9.59 Å². The molecule has 1 N–H and O–H groups in total. The Morgan fingerprint density at radius 2 is 1.89 bits per heavy atom. The first kappa shape index (κ1) is 21.8. The third kappa shape index (κ3) is 6.01. The molecule has 2 rings (SSSR count). The van der Waals surface area contributed by atoms with E-state index in [4.69, 9.17) is 27.9 Å². The first-order chi connectivity index (χ1) is 13.5. The van der Waals surface area contributed by atoms with Crippen LogP contribution in [0.4, 0.5) is 5.69 Å². The number of rotatable bonds is 8. The van der Waals surface area contributed by atoms with E-state index in [0.717, 1.165) is 6.42 Å². The van der Waals surface area contributed by atoms with Crippen molar-refractivity contribution in [2.75, 3.05) is 25.5 Å². The molecular formula is C21H22Cl2N2O3. The molecule has 5 nitrogen and oxygen atoms in total. The van der Waals surface area contributed by atoms with Gasteiger partial charge in [0.2, 0.25) is 11.8 Å². The second-order valence-corrected chi connectivity index (χ2v) is 6.77. The Morgan fingerprint density at radius 1 is 1.14 bits per heavy atom. The van der Waals surface area contributed by atoms with Gasteiger partial charge in [-0.25, -0.2) is 0 Å². The van der Waals surface area contributed by atoms with Gasteiger partial charge in [0.25, 0.3) is 0 Å². The fourth-order valence-electron chi connectivity index (χ4n) is 2.56. The lowest BCUT2D eigenvalue weighted by Crippen LogP contribution is -2.37. The van der Waals surface area contributed by atoms with Crippen LogP contribution in [-0.2, 0) is 9.59 Å². The van der Waals surface area contributed by atoms with Crippen LogP contribution >= 0.6 is 23.2 Å². The highest BCUT2D eigenvalue weighted by Crippen LogP contribution is 2.26. The molecule has 28 heavy (non-hydrogen) atoms. The Kier molecular flexibility index (Phi) is 8.36. The number of nitrogens with one attached hydrogen (secondary N) is 1. The van der Waals surface area contributed by atoms with E-state index in [-0.39, 0.29) is 18.4 Å². The molecule has 0 unspecified atom stereocenters. The minimum atomic E-state index is -0.305. The quantitative estimate of drug-likeness (QED) is 0.618. The highest BCUT2D eigenvalue weighted by Gasteiger charge is 2.16. The summed E-state index contributed by atoms with van der Waals surface area (Å²) in [4.78, 5) is 26.5. The van der Waals surface area contributed by atoms with Gasteiger partial charge in [-0.1, -0.05) is 54.4 Å². The van der Waals surface area contributed by atoms with Crippen LogP contribution in [-0.4, -0.2) is 36.9 Å². The largest absolute Gasteiger partial charge is 0.495 e. The van der Waals surface area contributed by atoms with Gasteiger partial charge in [0.15, 0.2) is 0 Å². The highest BCUT2D eigenvalue weighted by atomic mass is 35.5. The lowest BCUT2D eigenvalue weighted by Gasteiger charge is -2.20. The van der Waals surface area contributed by atoms with Crippen LogP contribution in [0.2, 0.25) is 10.0 Å². The van der Waals surface area contributed by atoms with Crippen molar-refractivity contribution in [1.29, 1.82) is 0 Å². The molecule has 7 heteroatoms. The fraction of sp³-hybridized carbons (Fsp3) is 0.238. The molecule has 0 saturated heterocycles. The molecule has 0 aliphatic rings. The van der Waals surface area contributed by atoms with Crippen LogP contribution in [0.25, 0.3) is 6.08 Å². The molecule has 0 aromatic heterocycles. The Labute approximate surface area is 174 Å². The van der Waals surface area contributed by atoms with E-state index in [0.29, 0.717) is 33.6 Å². The molecule has 2 aromatic rings. The smallest absolute Gasteiger partial charge is 0.247 e. The Bertz CT molecular complexity index is 868. The van der Waals surface area contributed by atoms with Gasteiger partial charge in [-0.15, -0.1) is 0 Å². The van der Waals surface area contributed by atoms with Crippen molar-refractivity contribution >= 4 is 46.8 Å². The zero-order valence-corrected chi connectivity index (χ0v) is 17.3. The van der Waals surface area contributed by atoms with E-state index in [1.807, 2.05) is 13.0 Å². The predicted octanol–water partition coefficient (Wildman–Crippen LogP) is 4.89. The normalized spacial score (nSPS) is 10.7. The number of carbonyl (C=O) groups excluding carboxylic acids is 2. The third-order valence-corrected chi connectivity index (χ3v) is 4.74. The summed E-state index contributed by atoms with van der Waals surface area (Å²) >= 11 is 12.1. The molecule has 2 aromatic carbocycles. The number of ether oxygens (including phenoxy) is 1. The van der Waals surface area contributed by atoms with Crippen LogP contribution in [0.15, 0.2) is 48.5 Å². The molecule has 2 amide bonds. The molecule has 0 saturated carbocycles. The van der Waals surface area contributed by atoms with Crippen LogP contribution < -0.4 is 10.1 Å². The van der Waals surface area contributed by atoms with Gasteiger partial charge in [-0.3, -0.25) is 9.59 Å². The van der Waals surface area contributed by atoms with Crippen molar-refractivity contribution in [2.45, 2.75) is 13.3 Å². The standard InChI is InChI=1S/C21H22Cl2N2O3/c1-3-13-25(14-19(26)24-17-9-4-5-10-18(17)28-2)20(27)12-11-15-7-6-8-16(22)21(15)23/h4-12H,3,13-14H2,1-2H3,(H,24,26)/b12-11+. The number of hydrogen-bond donors (Lipinski definition) is 1. The minimum Gasteiger partial charge on any atom is -0.495 e. The van der Waals surface area contributed by atoms with E-state index >= 15 is 0 Å². The molecule has 0 radical (unpaired) electrons. The third-order valence-electron chi connectivity index (χ3n) is 3.91. The Balaban J connectivity index is 2.07. The molecule has 0 fully saturated rings. The van der Waals surface area contributed by atoms with E-state index in [1.54, 1.807) is 42.5 Å². The molecular weight excluding hydrogens is 399 g/mol. The fourth-order valence-corrected chi connectivity index (χ4v) is 2.93. The summed E-state index contributed by atoms with van der Waals surface area (Å²) in [6.45, 7) is 2.32. The number of anilines is 1. The highest BCUT2D eigenvalue weighted by molar-refractivity contribution is 6.42. The van der Waals surface area contributed by atoms with Crippen molar-refractivity contribution in [3.05, 3.63) is 64.1 Å². The Hall–Kier alpha value is -2.50. The molecule has 0 aliphatic carbocycles. The van der Waals surface area contributed by atoms with Crippen LogP contribution in [0.5, 0.6) is 5.75 Å². The van der Waals surface area contributed by atoms with Crippen molar-refractivity contribution < 1.29 is 14.3 Å². The second kappa shape index (κ2) is 10.7. The number of para-hydroxylation sites is 2. The van der Waals surface area contributed by atoms with Gasteiger partial charge in [-0.05, 0) is 36.3 Å². The predicted molar refractivity (Wildman–Crippen MR) is 114 cm³/mol. The first-order valence-corrected chi connectivity index (χ1v) is 9.55. The van der Waals surface area contributed by atoms with Crippen LogP contribution in [0.1, 0.15) is 18.9 Å². The van der Waals surface area contributed by atoms with Gasteiger partial charge < -0.3 is 15.0 Å². The van der Waals surface area contributed by atoms with Crippen molar-refractivity contribution in [1.82, 2.24) is 4.90 Å². The SMILES string of the molecule is CCCN(CC(=O)Nc1ccccc1OC)C(=O)/C=C/c1cccc(Cl)c1Cl. The summed E-state index contributed by atoms with van der Waals surface area (Å²) < 4.78 is 5.22. The molecule has 0 spiro atoms. The topological polar surface area (TPSA) is 58.6 Å². The summed E-state index contributed by atoms with van der Waals surface area (Å²) in [7, 11) is 1.53. The molecule has 0 atom stereocenters. The summed E-state index contributed by atoms with van der Waals surface area (Å²) in [5.41, 5.74) is 1.19. The van der Waals surface area contributed by atoms with E-state index < -0.39 is 0 Å². The van der Waals surface area contributed by atoms with E-state index in [2.05, 4.69) is 5.32 Å². The van der Waals surface area contributed by atoms with E-state index in [1.165, 1.54) is 18.1 Å². The second-order valence-electron chi connectivity index (χ2n) is 5.98. The maximum Gasteiger partial charge on any atom is 0.247 e. The van der Waals surface area contributed by atoms with Gasteiger partial charge in [0, 0.05) is 12.6 Å². The summed E-state index contributed by atoms with van der Waals surface area (Å²) in [5.74, 6) is -0.0340. The zero-order chi connectivity index (χ0) is 20.5. The van der Waals surface area contributed by atoms with Crippen molar-refractivity contribution in [3.8, 4) is 5.75 Å². The maximum atomic E-state index is 12.6. The summed E-state index contributed by atoms with van der Waals surface area (Å²) in [6.07, 6.45) is 3.71. The summed E-state index contributed by atoms with van der Waals surface area (Å²) in [5, 5.41) is 3.57. The van der Waals surface area contributed by atoms with Crippen LogP contribution in [0, 0.1) is 0 Å². The Morgan fingerprint density at radius 3 is 2.61 bits per heavy atom. The van der Waals surface area contributed by atoms with Crippen LogP contribution in [0.3, 0.4) is 0 Å². The van der Waals surface area contributed by atoms with Gasteiger partial charge in [0.05, 0.1) is 22.8 Å². The number of carbonyl (C=O) groups is 2. The van der Waals surface area contributed by atoms with Gasteiger partial charge in [0.1, 0.15) is 12.3 Å². The van der Waals surface area contributed by atoms with Crippen molar-refractivity contribution in [2.24, 2.45) is 0 Å². The number of benzene rings is 2. The monoisotopic (exact) mass is 420 g/mol. The average Bonchev–Trinajstić information content (AvgIpc) is 2.69. The molecule has 0 heterocycles. The number of amides is 2. The lowest BCUT2D eigenvalue weighted by atomic mass is 10.2. The maximum absolute atomic E-state index is 12.6. The molecule has 0 bridgehead atoms. The summed E-state index contributed by atoms with van der Waals surface area (Å²) in [6, 6.07) is 12.3. The zero-order valence-electron chi connectivity index (χ0n) is 15.7. The lowest BCUT2D eigenvalue weighted by molar-refractivity contribution is -0.130. The number of hydrogen-bond acceptors (Lipinski definition) is 3. The van der Waals surface area contributed by atoms with Gasteiger partial charge >= 0.3 is 0 Å². The molecule has 148 valence electrons. The number of methoxy groups -OCH3 is 1. The number of halogens is 2. The molecule has 0 aliphatic heterocycles. The number of nitrogens with zero attached hydrogens (tertiary/aromatic N) is 1. The van der Waals surface area contributed by atoms with Crippen molar-refractivity contribution in [3.63, 3.8) is 0 Å².